The van der Waals surface area contributed by atoms with Crippen LogP contribution >= 0.6 is 11.6 Å². The smallest absolute Gasteiger partial charge is 0.343 e. The van der Waals surface area contributed by atoms with Crippen molar-refractivity contribution in [2.24, 2.45) is 0 Å². The molecule has 0 saturated heterocycles. The number of esters is 1. The van der Waals surface area contributed by atoms with Gasteiger partial charge in [0.05, 0.1) is 29.1 Å². The van der Waals surface area contributed by atoms with E-state index in [4.69, 9.17) is 26.3 Å². The molecular weight excluding hydrogens is 540 g/mol. The monoisotopic (exact) mass is 566 g/mol. The Hall–Kier alpha value is -4.95. The van der Waals surface area contributed by atoms with Crippen molar-refractivity contribution in [1.82, 2.24) is 0 Å². The van der Waals surface area contributed by atoms with E-state index in [0.717, 1.165) is 17.2 Å². The van der Waals surface area contributed by atoms with Crippen LogP contribution in [0.25, 0.3) is 0 Å². The van der Waals surface area contributed by atoms with Crippen molar-refractivity contribution in [2.75, 3.05) is 29.7 Å². The van der Waals surface area contributed by atoms with Gasteiger partial charge < -0.3 is 35.3 Å². The van der Waals surface area contributed by atoms with Gasteiger partial charge >= 0.3 is 12.0 Å². The number of rotatable bonds is 9. The van der Waals surface area contributed by atoms with Gasteiger partial charge in [0.2, 0.25) is 0 Å². The number of aryl methyl sites for hydroxylation is 2. The number of aromatic hydroxyl groups is 1. The maximum atomic E-state index is 12.9. The van der Waals surface area contributed by atoms with Crippen molar-refractivity contribution in [1.29, 1.82) is 5.26 Å². The number of hydrogen-bond donors (Lipinski definition) is 4. The number of nitrogens with zero attached hydrogens (tertiary/aromatic N) is 1. The van der Waals surface area contributed by atoms with Crippen LogP contribution in [0.2, 0.25) is 5.02 Å². The number of ether oxygens (including phenoxy) is 3. The normalized spacial score (nSPS) is 11.0. The zero-order chi connectivity index (χ0) is 29.4. The fourth-order valence-electron chi connectivity index (χ4n) is 3.46. The van der Waals surface area contributed by atoms with Crippen LogP contribution in [0.3, 0.4) is 0 Å². The third-order valence-corrected chi connectivity index (χ3v) is 5.85. The topological polar surface area (TPSA) is 159 Å². The summed E-state index contributed by atoms with van der Waals surface area (Å²) in [5, 5.41) is 27.5. The summed E-state index contributed by atoms with van der Waals surface area (Å²) in [6, 6.07) is 13.4. The highest BCUT2D eigenvalue weighted by Gasteiger charge is 2.21. The molecule has 11 nitrogen and oxygen atoms in total. The molecule has 0 aliphatic heterocycles. The summed E-state index contributed by atoms with van der Waals surface area (Å²) in [7, 11) is 1.18. The minimum Gasteiger partial charge on any atom is -0.506 e. The number of amides is 3. The van der Waals surface area contributed by atoms with Crippen LogP contribution in [0.1, 0.15) is 23.6 Å². The predicted octanol–water partition coefficient (Wildman–Crippen LogP) is 5.14. The molecule has 4 N–H and O–H groups in total. The zero-order valence-corrected chi connectivity index (χ0v) is 22.9. The maximum Gasteiger partial charge on any atom is 0.343 e. The average Bonchev–Trinajstić information content (AvgIpc) is 2.91. The van der Waals surface area contributed by atoms with E-state index < -0.39 is 36.4 Å². The van der Waals surface area contributed by atoms with Gasteiger partial charge in [-0.15, -0.1) is 0 Å². The SMILES string of the molecule is COC(=O)COc1cc(NC(=O)Nc2ccc(Cl)c(C#N)c2)c(O)cc1NC(=O)C(C)Oc1ccc(C)cc1C. The molecule has 0 aliphatic carbocycles. The number of nitriles is 1. The average molecular weight is 567 g/mol. The second kappa shape index (κ2) is 13.2. The number of anilines is 3. The lowest BCUT2D eigenvalue weighted by Crippen LogP contribution is -2.30. The molecule has 0 spiro atoms. The Morgan fingerprint density at radius 1 is 1.00 bits per heavy atom. The standard InChI is InChI=1S/C28H27ClN4O7/c1-15-5-8-24(16(2)9-15)40-17(3)27(36)32-22-11-23(34)21(12-25(22)39-14-26(35)38-4)33-28(37)31-19-6-7-20(29)18(10-19)13-30/h5-12,17,34H,14H2,1-4H3,(H,32,36)(H2,31,33,37). The van der Waals surface area contributed by atoms with Gasteiger partial charge in [-0.2, -0.15) is 5.26 Å². The van der Waals surface area contributed by atoms with Crippen molar-refractivity contribution >= 4 is 46.6 Å². The lowest BCUT2D eigenvalue weighted by molar-refractivity contribution is -0.142. The fourth-order valence-corrected chi connectivity index (χ4v) is 3.62. The summed E-state index contributed by atoms with van der Waals surface area (Å²) in [5.74, 6) is -1.17. The van der Waals surface area contributed by atoms with Crippen molar-refractivity contribution in [3.63, 3.8) is 0 Å². The minimum atomic E-state index is -0.932. The van der Waals surface area contributed by atoms with Gasteiger partial charge in [0.15, 0.2) is 12.7 Å². The summed E-state index contributed by atoms with van der Waals surface area (Å²) in [6.45, 7) is 4.85. The highest BCUT2D eigenvalue weighted by molar-refractivity contribution is 6.31. The van der Waals surface area contributed by atoms with E-state index in [9.17, 15) is 19.5 Å². The molecule has 3 aromatic carbocycles. The Bertz CT molecular complexity index is 1490. The molecule has 0 aliphatic rings. The number of carbonyl (C=O) groups is 3. The Morgan fingerprint density at radius 3 is 2.42 bits per heavy atom. The summed E-state index contributed by atoms with van der Waals surface area (Å²) >= 11 is 5.92. The van der Waals surface area contributed by atoms with E-state index in [1.54, 1.807) is 13.0 Å². The second-order valence-electron chi connectivity index (χ2n) is 8.63. The van der Waals surface area contributed by atoms with Crippen LogP contribution in [-0.2, 0) is 14.3 Å². The molecule has 0 bridgehead atoms. The van der Waals surface area contributed by atoms with Crippen LogP contribution < -0.4 is 25.4 Å². The fraction of sp³-hybridized carbons (Fsp3) is 0.214. The number of hydrogen-bond acceptors (Lipinski definition) is 8. The van der Waals surface area contributed by atoms with E-state index >= 15 is 0 Å². The molecule has 3 rings (SSSR count). The third kappa shape index (κ3) is 7.78. The molecule has 40 heavy (non-hydrogen) atoms. The number of carbonyl (C=O) groups excluding carboxylic acids is 3. The second-order valence-corrected chi connectivity index (χ2v) is 9.04. The van der Waals surface area contributed by atoms with Gasteiger partial charge in [0, 0.05) is 17.8 Å². The van der Waals surface area contributed by atoms with Gasteiger partial charge in [0.25, 0.3) is 5.91 Å². The molecular formula is C28H27ClN4O7. The highest BCUT2D eigenvalue weighted by atomic mass is 35.5. The molecule has 0 radical (unpaired) electrons. The van der Waals surface area contributed by atoms with Gasteiger partial charge in [-0.05, 0) is 50.6 Å². The largest absolute Gasteiger partial charge is 0.506 e. The summed E-state index contributed by atoms with van der Waals surface area (Å²) in [6.07, 6.45) is -0.932. The minimum absolute atomic E-state index is 0.0183. The molecule has 1 atom stereocenters. The summed E-state index contributed by atoms with van der Waals surface area (Å²) in [4.78, 5) is 37.2. The van der Waals surface area contributed by atoms with Crippen molar-refractivity contribution in [2.45, 2.75) is 26.9 Å². The summed E-state index contributed by atoms with van der Waals surface area (Å²) < 4.78 is 15.9. The van der Waals surface area contributed by atoms with Crippen molar-refractivity contribution < 1.29 is 33.7 Å². The molecule has 0 aromatic heterocycles. The number of benzene rings is 3. The Kier molecular flexibility index (Phi) is 9.78. The molecule has 3 amide bonds. The third-order valence-electron chi connectivity index (χ3n) is 5.53. The van der Waals surface area contributed by atoms with Crippen LogP contribution in [-0.4, -0.2) is 42.8 Å². The zero-order valence-electron chi connectivity index (χ0n) is 22.1. The van der Waals surface area contributed by atoms with Gasteiger partial charge in [-0.1, -0.05) is 29.3 Å². The van der Waals surface area contributed by atoms with E-state index in [1.807, 2.05) is 32.0 Å². The van der Waals surface area contributed by atoms with E-state index in [1.165, 1.54) is 31.4 Å². The maximum absolute atomic E-state index is 12.9. The highest BCUT2D eigenvalue weighted by Crippen LogP contribution is 2.36. The van der Waals surface area contributed by atoms with Gasteiger partial charge in [0.1, 0.15) is 23.3 Å². The number of methoxy groups -OCH3 is 1. The molecule has 3 aromatic rings. The number of nitrogens with one attached hydrogen (secondary N) is 3. The number of halogens is 1. The Labute approximate surface area is 235 Å². The number of phenolic OH excluding ortho intramolecular Hbond substituents is 1. The summed E-state index contributed by atoms with van der Waals surface area (Å²) in [5.41, 5.74) is 2.27. The number of phenols is 1. The lowest BCUT2D eigenvalue weighted by Gasteiger charge is -2.19. The molecule has 208 valence electrons. The first-order valence-electron chi connectivity index (χ1n) is 11.9. The van der Waals surface area contributed by atoms with Crippen LogP contribution in [0, 0.1) is 25.2 Å². The molecule has 1 unspecified atom stereocenters. The molecule has 0 heterocycles. The Morgan fingerprint density at radius 2 is 1.75 bits per heavy atom. The van der Waals surface area contributed by atoms with Gasteiger partial charge in [-0.3, -0.25) is 4.79 Å². The molecule has 0 saturated carbocycles. The van der Waals surface area contributed by atoms with E-state index in [2.05, 4.69) is 20.7 Å². The first-order chi connectivity index (χ1) is 19.0. The van der Waals surface area contributed by atoms with Gasteiger partial charge in [-0.25, -0.2) is 9.59 Å². The predicted molar refractivity (Wildman–Crippen MR) is 149 cm³/mol. The van der Waals surface area contributed by atoms with Crippen LogP contribution in [0.15, 0.2) is 48.5 Å². The molecule has 0 fully saturated rings. The number of urea groups is 1. The first-order valence-corrected chi connectivity index (χ1v) is 12.3. The quantitative estimate of drug-likeness (QED) is 0.205. The van der Waals surface area contributed by atoms with Crippen molar-refractivity contribution in [3.8, 4) is 23.3 Å². The van der Waals surface area contributed by atoms with E-state index in [0.29, 0.717) is 5.75 Å². The Balaban J connectivity index is 1.80. The van der Waals surface area contributed by atoms with Crippen LogP contribution in [0.5, 0.6) is 17.2 Å². The van der Waals surface area contributed by atoms with Crippen molar-refractivity contribution in [3.05, 3.63) is 70.2 Å². The van der Waals surface area contributed by atoms with E-state index in [-0.39, 0.29) is 33.4 Å². The first kappa shape index (κ1) is 29.6. The molecule has 12 heteroatoms. The van der Waals surface area contributed by atoms with Crippen LogP contribution in [0.4, 0.5) is 21.9 Å². The lowest BCUT2D eigenvalue weighted by atomic mass is 10.1.